The number of hydrogen-bond acceptors (Lipinski definition) is 8. The quantitative estimate of drug-likeness (QED) is 0.309. The Morgan fingerprint density at radius 1 is 1.11 bits per heavy atom. The number of amides is 3. The molecule has 5 rings (SSSR count). The van der Waals surface area contributed by atoms with Gasteiger partial charge in [0.15, 0.2) is 5.69 Å². The van der Waals surface area contributed by atoms with Crippen LogP contribution in [0.25, 0.3) is 22.0 Å². The van der Waals surface area contributed by atoms with Gasteiger partial charge in [-0.25, -0.2) is 14.4 Å². The van der Waals surface area contributed by atoms with Gasteiger partial charge in [0.1, 0.15) is 18.8 Å². The molecular weight excluding hydrogens is 596 g/mol. The van der Waals surface area contributed by atoms with Crippen molar-refractivity contribution in [2.75, 3.05) is 11.9 Å². The zero-order valence-electron chi connectivity index (χ0n) is 19.1. The lowest BCUT2D eigenvalue weighted by molar-refractivity contribution is -0.137. The summed E-state index contributed by atoms with van der Waals surface area (Å²) in [5, 5.41) is 14.9. The lowest BCUT2D eigenvalue weighted by atomic mass is 10.0. The summed E-state index contributed by atoms with van der Waals surface area (Å²) in [6.07, 6.45) is 4.64. The van der Waals surface area contributed by atoms with E-state index in [0.29, 0.717) is 10.9 Å². The van der Waals surface area contributed by atoms with Gasteiger partial charge >= 0.3 is 0 Å². The third-order valence-electron chi connectivity index (χ3n) is 5.91. The highest BCUT2D eigenvalue weighted by Gasteiger charge is 2.40. The number of carbonyl (C=O) groups excluding carboxylic acids is 3. The second kappa shape index (κ2) is 10.1. The summed E-state index contributed by atoms with van der Waals surface area (Å²) in [6, 6.07) is 5.94. The van der Waals surface area contributed by atoms with E-state index in [9.17, 15) is 18.8 Å². The van der Waals surface area contributed by atoms with E-state index in [1.54, 1.807) is 36.7 Å². The van der Waals surface area contributed by atoms with Crippen molar-refractivity contribution in [2.24, 2.45) is 5.73 Å². The number of likely N-dealkylation sites (tertiary alicyclic amines) is 1. The molecule has 0 bridgehead atoms. The van der Waals surface area contributed by atoms with Gasteiger partial charge in [0.2, 0.25) is 17.8 Å². The number of carbonyl (C=O) groups is 3. The van der Waals surface area contributed by atoms with Crippen molar-refractivity contribution in [1.82, 2.24) is 34.8 Å². The summed E-state index contributed by atoms with van der Waals surface area (Å²) in [6.45, 7) is -0.567. The first kappa shape index (κ1) is 24.6. The zero-order valence-corrected chi connectivity index (χ0v) is 21.2. The largest absolute Gasteiger partial charge is 0.364 e. The number of primary amides is 1. The van der Waals surface area contributed by atoms with E-state index in [1.807, 2.05) is 22.6 Å². The lowest BCUT2D eigenvalue weighted by Gasteiger charge is -2.23. The second-order valence-corrected chi connectivity index (χ2v) is 9.59. The van der Waals surface area contributed by atoms with Crippen molar-refractivity contribution in [2.45, 2.75) is 25.2 Å². The molecule has 37 heavy (non-hydrogen) atoms. The molecular formula is C23H19FIN9O3. The van der Waals surface area contributed by atoms with Crippen LogP contribution in [0.2, 0.25) is 0 Å². The second-order valence-electron chi connectivity index (χ2n) is 8.34. The van der Waals surface area contributed by atoms with Crippen molar-refractivity contribution in [3.8, 4) is 11.1 Å². The maximum atomic E-state index is 14.3. The summed E-state index contributed by atoms with van der Waals surface area (Å²) in [7, 11) is 0. The summed E-state index contributed by atoms with van der Waals surface area (Å²) in [5.74, 6) is -1.83. The maximum absolute atomic E-state index is 14.3. The highest BCUT2D eigenvalue weighted by Crippen LogP contribution is 2.27. The predicted octanol–water partition coefficient (Wildman–Crippen LogP) is 1.56. The minimum absolute atomic E-state index is 0.0124. The van der Waals surface area contributed by atoms with Crippen LogP contribution in [0.5, 0.6) is 0 Å². The topological polar surface area (TPSA) is 162 Å². The fourth-order valence-electron chi connectivity index (χ4n) is 4.22. The Balaban J connectivity index is 1.40. The first-order valence-electron chi connectivity index (χ1n) is 11.1. The molecule has 1 saturated heterocycles. The van der Waals surface area contributed by atoms with Crippen LogP contribution >= 0.6 is 22.6 Å². The Kier molecular flexibility index (Phi) is 6.73. The normalized spacial score (nSPS) is 17.2. The molecule has 1 aliphatic heterocycles. The van der Waals surface area contributed by atoms with Gasteiger partial charge < -0.3 is 10.6 Å². The average Bonchev–Trinajstić information content (AvgIpc) is 3.46. The van der Waals surface area contributed by atoms with E-state index < -0.39 is 29.9 Å². The Morgan fingerprint density at radius 2 is 1.89 bits per heavy atom. The minimum atomic E-state index is -1.37. The fraction of sp³-hybridized carbons (Fsp3) is 0.217. The molecule has 3 N–H and O–H groups in total. The summed E-state index contributed by atoms with van der Waals surface area (Å²) >= 11 is 2.03. The highest BCUT2D eigenvalue weighted by molar-refractivity contribution is 14.1. The van der Waals surface area contributed by atoms with Crippen molar-refractivity contribution in [3.05, 3.63) is 58.3 Å². The smallest absolute Gasteiger partial charge is 0.269 e. The van der Waals surface area contributed by atoms with Crippen LogP contribution in [-0.4, -0.2) is 71.3 Å². The number of nitrogens with two attached hydrogens (primary N) is 1. The van der Waals surface area contributed by atoms with Crippen molar-refractivity contribution >= 4 is 57.2 Å². The molecule has 12 nitrogen and oxygen atoms in total. The van der Waals surface area contributed by atoms with E-state index in [2.05, 4.69) is 30.6 Å². The molecule has 0 radical (unpaired) electrons. The molecule has 2 atom stereocenters. The standard InChI is InChI=1S/C23H19FIN9O3/c24-14-6-18(22(37)31-23-27-8-15(25)9-28-23)33(10-14)19(35)11-34-17-2-1-12(13-3-4-29-30-7-13)5-16(17)20(32-34)21(26)36/h1-5,7-9,14,18H,6,10-11H2,(H2,26,36)(H,27,28,31,37)/t14-,18+/m1/s1. The number of benzene rings is 1. The van der Waals surface area contributed by atoms with E-state index in [0.717, 1.165) is 14.7 Å². The van der Waals surface area contributed by atoms with Gasteiger partial charge in [-0.1, -0.05) is 6.07 Å². The van der Waals surface area contributed by atoms with Crippen molar-refractivity contribution < 1.29 is 18.8 Å². The number of fused-ring (bicyclic) bond motifs is 1. The molecule has 3 amide bonds. The van der Waals surface area contributed by atoms with Gasteiger partial charge in [-0.2, -0.15) is 15.3 Å². The number of aromatic nitrogens is 6. The molecule has 1 aromatic carbocycles. The summed E-state index contributed by atoms with van der Waals surface area (Å²) in [4.78, 5) is 47.4. The van der Waals surface area contributed by atoms with Crippen LogP contribution in [0.1, 0.15) is 16.9 Å². The van der Waals surface area contributed by atoms with E-state index in [1.165, 1.54) is 22.0 Å². The Morgan fingerprint density at radius 3 is 2.59 bits per heavy atom. The van der Waals surface area contributed by atoms with E-state index in [-0.39, 0.29) is 31.2 Å². The monoisotopic (exact) mass is 615 g/mol. The molecule has 4 aromatic rings. The summed E-state index contributed by atoms with van der Waals surface area (Å²) in [5.41, 5.74) is 7.55. The third-order valence-corrected chi connectivity index (χ3v) is 6.47. The Labute approximate surface area is 222 Å². The summed E-state index contributed by atoms with van der Waals surface area (Å²) < 4.78 is 16.5. The number of anilines is 1. The van der Waals surface area contributed by atoms with Crippen molar-refractivity contribution in [3.63, 3.8) is 0 Å². The van der Waals surface area contributed by atoms with Gasteiger partial charge in [0.25, 0.3) is 5.91 Å². The number of nitrogens with one attached hydrogen (secondary N) is 1. The molecule has 0 saturated carbocycles. The SMILES string of the molecule is NC(=O)c1nn(CC(=O)N2C[C@H](F)C[C@H]2C(=O)Nc2ncc(I)cn2)c2ccc(-c3ccnnc3)cc12. The number of halogens is 2. The predicted molar refractivity (Wildman–Crippen MR) is 138 cm³/mol. The van der Waals surface area contributed by atoms with Gasteiger partial charge in [0, 0.05) is 33.3 Å². The first-order chi connectivity index (χ1) is 17.8. The van der Waals surface area contributed by atoms with E-state index in [4.69, 9.17) is 5.73 Å². The molecule has 14 heteroatoms. The lowest BCUT2D eigenvalue weighted by Crippen LogP contribution is -2.44. The van der Waals surface area contributed by atoms with Gasteiger partial charge in [0.05, 0.1) is 24.5 Å². The van der Waals surface area contributed by atoms with Gasteiger partial charge in [-0.05, 0) is 46.4 Å². The highest BCUT2D eigenvalue weighted by atomic mass is 127. The minimum Gasteiger partial charge on any atom is -0.364 e. The molecule has 4 heterocycles. The molecule has 188 valence electrons. The number of hydrogen-bond donors (Lipinski definition) is 2. The van der Waals surface area contributed by atoms with Crippen LogP contribution in [-0.2, 0) is 16.1 Å². The first-order valence-corrected chi connectivity index (χ1v) is 12.2. The van der Waals surface area contributed by atoms with Crippen LogP contribution in [0.4, 0.5) is 10.3 Å². The number of rotatable bonds is 6. The number of alkyl halides is 1. The Bertz CT molecular complexity index is 1500. The van der Waals surface area contributed by atoms with Crippen LogP contribution in [0.15, 0.2) is 49.1 Å². The van der Waals surface area contributed by atoms with Gasteiger partial charge in [-0.3, -0.25) is 24.4 Å². The molecule has 0 spiro atoms. The Hall–Kier alpha value is -4.08. The van der Waals surface area contributed by atoms with E-state index >= 15 is 0 Å². The maximum Gasteiger partial charge on any atom is 0.269 e. The molecule has 1 fully saturated rings. The average molecular weight is 615 g/mol. The number of nitrogens with zero attached hydrogens (tertiary/aromatic N) is 7. The molecule has 0 unspecified atom stereocenters. The molecule has 0 aliphatic carbocycles. The van der Waals surface area contributed by atoms with Crippen molar-refractivity contribution in [1.29, 1.82) is 0 Å². The van der Waals surface area contributed by atoms with Crippen LogP contribution < -0.4 is 11.1 Å². The third kappa shape index (κ3) is 5.09. The van der Waals surface area contributed by atoms with Crippen LogP contribution in [0, 0.1) is 3.57 Å². The molecule has 1 aliphatic rings. The zero-order chi connectivity index (χ0) is 26.1. The fourth-order valence-corrected chi connectivity index (χ4v) is 4.50. The van der Waals surface area contributed by atoms with Crippen LogP contribution in [0.3, 0.4) is 0 Å². The molecule has 3 aromatic heterocycles. The van der Waals surface area contributed by atoms with Gasteiger partial charge in [-0.15, -0.1) is 0 Å².